The van der Waals surface area contributed by atoms with Crippen LogP contribution in [0.25, 0.3) is 0 Å². The highest BCUT2D eigenvalue weighted by Crippen LogP contribution is 2.57. The van der Waals surface area contributed by atoms with Crippen LogP contribution in [0, 0.1) is 0 Å². The number of alkyl halides is 11. The van der Waals surface area contributed by atoms with Gasteiger partial charge < -0.3 is 20.9 Å². The van der Waals surface area contributed by atoms with Crippen LogP contribution in [0.4, 0.5) is 48.3 Å². The van der Waals surface area contributed by atoms with E-state index >= 15 is 0 Å². The van der Waals surface area contributed by atoms with Crippen LogP contribution in [-0.2, 0) is 14.3 Å². The SMILES string of the molecule is CCC(CC)O[C@@H]1C=C(C(=O)O)C[C@H](N)[C@@H]1NC(=O)C(F)(F)C(F)(F)C(F)(F)C(F)(F)C(F)(F)F. The first kappa shape index (κ1) is 30.9. The average Bonchev–Trinajstić information content (AvgIpc) is 2.72. The van der Waals surface area contributed by atoms with E-state index in [1.165, 1.54) is 0 Å². The van der Waals surface area contributed by atoms with E-state index in [9.17, 15) is 57.9 Å². The van der Waals surface area contributed by atoms with Gasteiger partial charge in [0.05, 0.1) is 18.2 Å². The molecule has 0 saturated carbocycles. The fraction of sp³-hybridized carbons (Fsp3) is 0.778. The summed E-state index contributed by atoms with van der Waals surface area (Å²) >= 11 is 0. The van der Waals surface area contributed by atoms with Gasteiger partial charge in [-0.05, 0) is 25.3 Å². The number of amides is 1. The molecule has 0 unspecified atom stereocenters. The van der Waals surface area contributed by atoms with E-state index in [-0.39, 0.29) is 12.8 Å². The Morgan fingerprint density at radius 2 is 1.49 bits per heavy atom. The van der Waals surface area contributed by atoms with Gasteiger partial charge in [-0.25, -0.2) is 4.79 Å². The summed E-state index contributed by atoms with van der Waals surface area (Å²) < 4.78 is 151. The van der Waals surface area contributed by atoms with Gasteiger partial charge in [0.25, 0.3) is 5.91 Å². The predicted molar refractivity (Wildman–Crippen MR) is 95.3 cm³/mol. The van der Waals surface area contributed by atoms with E-state index in [0.29, 0.717) is 0 Å². The Morgan fingerprint density at radius 1 is 1.00 bits per heavy atom. The summed E-state index contributed by atoms with van der Waals surface area (Å²) in [7, 11) is 0. The largest absolute Gasteiger partial charge is 0.478 e. The van der Waals surface area contributed by atoms with Crippen LogP contribution >= 0.6 is 0 Å². The van der Waals surface area contributed by atoms with Crippen molar-refractivity contribution in [1.82, 2.24) is 5.32 Å². The lowest BCUT2D eigenvalue weighted by Crippen LogP contribution is -2.70. The van der Waals surface area contributed by atoms with Gasteiger partial charge in [-0.3, -0.25) is 4.79 Å². The second-order valence-corrected chi connectivity index (χ2v) is 7.70. The number of carbonyl (C=O) groups is 2. The maximum atomic E-state index is 14.1. The molecule has 1 rings (SSSR count). The van der Waals surface area contributed by atoms with Gasteiger partial charge in [0.15, 0.2) is 0 Å². The zero-order valence-electron chi connectivity index (χ0n) is 17.9. The monoisotopic (exact) mass is 538 g/mol. The fourth-order valence-electron chi connectivity index (χ4n) is 3.13. The van der Waals surface area contributed by atoms with E-state index in [0.717, 1.165) is 11.4 Å². The second kappa shape index (κ2) is 10.1. The molecule has 0 bridgehead atoms. The summed E-state index contributed by atoms with van der Waals surface area (Å²) in [4.78, 5) is 23.1. The van der Waals surface area contributed by atoms with Gasteiger partial charge in [-0.1, -0.05) is 13.8 Å². The van der Waals surface area contributed by atoms with E-state index in [1.807, 2.05) is 0 Å². The lowest BCUT2D eigenvalue weighted by atomic mass is 9.87. The molecule has 6 nitrogen and oxygen atoms in total. The third-order valence-electron chi connectivity index (χ3n) is 5.29. The molecule has 4 N–H and O–H groups in total. The zero-order chi connectivity index (χ0) is 27.8. The molecule has 0 fully saturated rings. The lowest BCUT2D eigenvalue weighted by molar-refractivity contribution is -0.417. The number of hydrogen-bond acceptors (Lipinski definition) is 4. The predicted octanol–water partition coefficient (Wildman–Crippen LogP) is 3.89. The van der Waals surface area contributed by atoms with E-state index in [2.05, 4.69) is 0 Å². The molecule has 0 saturated heterocycles. The third kappa shape index (κ3) is 5.49. The molecule has 0 radical (unpaired) electrons. The van der Waals surface area contributed by atoms with Crippen LogP contribution < -0.4 is 11.1 Å². The van der Waals surface area contributed by atoms with E-state index in [4.69, 9.17) is 15.6 Å². The third-order valence-corrected chi connectivity index (χ3v) is 5.29. The van der Waals surface area contributed by atoms with Crippen LogP contribution in [0.2, 0.25) is 0 Å². The van der Waals surface area contributed by atoms with Crippen LogP contribution in [0.5, 0.6) is 0 Å². The Kier molecular flexibility index (Phi) is 8.87. The number of carbonyl (C=O) groups excluding carboxylic acids is 1. The highest BCUT2D eigenvalue weighted by molar-refractivity contribution is 5.88. The quantitative estimate of drug-likeness (QED) is 0.367. The topological polar surface area (TPSA) is 102 Å². The molecule has 0 spiro atoms. The number of ether oxygens (including phenoxy) is 1. The Balaban J connectivity index is 3.39. The molecule has 0 aromatic heterocycles. The van der Waals surface area contributed by atoms with Gasteiger partial charge in [0.1, 0.15) is 0 Å². The molecule has 17 heteroatoms. The van der Waals surface area contributed by atoms with Gasteiger partial charge in [-0.15, -0.1) is 0 Å². The molecule has 0 aromatic rings. The van der Waals surface area contributed by atoms with Crippen molar-refractivity contribution in [1.29, 1.82) is 0 Å². The van der Waals surface area contributed by atoms with Gasteiger partial charge >= 0.3 is 35.8 Å². The summed E-state index contributed by atoms with van der Waals surface area (Å²) in [6.45, 7) is 3.15. The summed E-state index contributed by atoms with van der Waals surface area (Å²) in [5.74, 6) is -34.6. The van der Waals surface area contributed by atoms with Crippen molar-refractivity contribution in [2.45, 2.75) is 87.3 Å². The first-order valence-corrected chi connectivity index (χ1v) is 9.84. The molecule has 35 heavy (non-hydrogen) atoms. The van der Waals surface area contributed by atoms with Crippen molar-refractivity contribution in [3.8, 4) is 0 Å². The van der Waals surface area contributed by atoms with Crippen LogP contribution in [0.15, 0.2) is 11.6 Å². The van der Waals surface area contributed by atoms with Crippen LogP contribution in [0.3, 0.4) is 0 Å². The zero-order valence-corrected chi connectivity index (χ0v) is 17.9. The highest BCUT2D eigenvalue weighted by atomic mass is 19.4. The summed E-state index contributed by atoms with van der Waals surface area (Å²) in [6, 6.07) is -3.61. The summed E-state index contributed by atoms with van der Waals surface area (Å²) in [5, 5.41) is 10.3. The molecular formula is C18H21F11N2O4. The number of carboxylic acid groups (broad SMARTS) is 1. The summed E-state index contributed by atoms with van der Waals surface area (Å²) in [6.07, 6.45) is -9.15. The number of halogens is 11. The van der Waals surface area contributed by atoms with E-state index in [1.54, 1.807) is 13.8 Å². The van der Waals surface area contributed by atoms with Crippen molar-refractivity contribution in [3.63, 3.8) is 0 Å². The van der Waals surface area contributed by atoms with Crippen molar-refractivity contribution >= 4 is 11.9 Å². The number of hydrogen-bond donors (Lipinski definition) is 3. The lowest BCUT2D eigenvalue weighted by Gasteiger charge is -2.39. The Bertz CT molecular complexity index is 826. The van der Waals surface area contributed by atoms with Gasteiger partial charge in [0, 0.05) is 11.6 Å². The molecule has 204 valence electrons. The van der Waals surface area contributed by atoms with Gasteiger partial charge in [0.2, 0.25) is 0 Å². The van der Waals surface area contributed by atoms with Crippen molar-refractivity contribution in [2.24, 2.45) is 5.73 Å². The minimum Gasteiger partial charge on any atom is -0.478 e. The molecule has 0 heterocycles. The first-order chi connectivity index (χ1) is 15.6. The molecular weight excluding hydrogens is 517 g/mol. The first-order valence-electron chi connectivity index (χ1n) is 9.84. The minimum atomic E-state index is -7.75. The Morgan fingerprint density at radius 3 is 1.89 bits per heavy atom. The molecule has 1 amide bonds. The van der Waals surface area contributed by atoms with Crippen molar-refractivity contribution in [3.05, 3.63) is 11.6 Å². The smallest absolute Gasteiger partial charge is 0.460 e. The molecule has 3 atom stereocenters. The molecule has 1 aliphatic carbocycles. The van der Waals surface area contributed by atoms with Crippen LogP contribution in [-0.4, -0.2) is 71.1 Å². The van der Waals surface area contributed by atoms with Crippen LogP contribution in [0.1, 0.15) is 33.1 Å². The number of nitrogens with two attached hydrogens (primary N) is 1. The normalized spacial score (nSPS) is 22.7. The highest BCUT2D eigenvalue weighted by Gasteiger charge is 2.88. The molecule has 1 aliphatic rings. The standard InChI is InChI=1S/C18H21F11N2O4/c1-3-8(4-2)35-10-6-7(12(32)33)5-9(30)11(10)31-13(34)14(19,20)15(21,22)16(23,24)17(25,26)18(27,28)29/h6,8-11H,3-5,30H2,1-2H3,(H,31,34)(H,32,33)/t9-,10+,11-/m0/s1. The summed E-state index contributed by atoms with van der Waals surface area (Å²) in [5.41, 5.74) is 5.18. The molecule has 0 aromatic carbocycles. The van der Waals surface area contributed by atoms with E-state index < -0.39 is 78.0 Å². The maximum absolute atomic E-state index is 14.1. The maximum Gasteiger partial charge on any atom is 0.460 e. The minimum absolute atomic E-state index is 0.242. The second-order valence-electron chi connectivity index (χ2n) is 7.70. The Labute approximate surface area is 190 Å². The molecule has 0 aliphatic heterocycles. The van der Waals surface area contributed by atoms with Crippen molar-refractivity contribution < 1.29 is 67.7 Å². The van der Waals surface area contributed by atoms with Crippen molar-refractivity contribution in [2.75, 3.05) is 0 Å². The fourth-order valence-corrected chi connectivity index (χ4v) is 3.13. The number of nitrogens with one attached hydrogen (secondary N) is 1. The Hall–Kier alpha value is -2.17. The number of aliphatic carboxylic acids is 1. The average molecular weight is 538 g/mol. The number of carboxylic acids is 1. The van der Waals surface area contributed by atoms with Gasteiger partial charge in [-0.2, -0.15) is 48.3 Å². The number of rotatable bonds is 10.